The van der Waals surface area contributed by atoms with Crippen LogP contribution in [-0.4, -0.2) is 44.8 Å². The minimum Gasteiger partial charge on any atom is -0.335 e. The summed E-state index contributed by atoms with van der Waals surface area (Å²) in [6.07, 6.45) is 7.85. The highest BCUT2D eigenvalue weighted by atomic mass is 16.2. The molecule has 0 aromatic carbocycles. The first-order chi connectivity index (χ1) is 10.3. The molecule has 0 atom stereocenters. The third kappa shape index (κ3) is 2.63. The van der Waals surface area contributed by atoms with Gasteiger partial charge in [-0.2, -0.15) is 0 Å². The molecule has 0 radical (unpaired) electrons. The van der Waals surface area contributed by atoms with E-state index in [-0.39, 0.29) is 6.03 Å². The zero-order valence-corrected chi connectivity index (χ0v) is 12.4. The fourth-order valence-corrected chi connectivity index (χ4v) is 3.47. The van der Waals surface area contributed by atoms with Crippen LogP contribution in [0.5, 0.6) is 0 Å². The molecule has 114 valence electrons. The molecule has 2 fully saturated rings. The van der Waals surface area contributed by atoms with Crippen molar-refractivity contribution >= 4 is 6.03 Å². The van der Waals surface area contributed by atoms with Gasteiger partial charge in [-0.1, -0.05) is 0 Å². The summed E-state index contributed by atoms with van der Waals surface area (Å²) in [6.45, 7) is 2.75. The number of hydrogen-bond acceptors (Lipinski definition) is 3. The summed E-state index contributed by atoms with van der Waals surface area (Å²) in [6, 6.07) is 0.568. The van der Waals surface area contributed by atoms with Gasteiger partial charge in [0.05, 0.1) is 0 Å². The fourth-order valence-electron chi connectivity index (χ4n) is 3.47. The van der Waals surface area contributed by atoms with Gasteiger partial charge in [0.1, 0.15) is 11.6 Å². The molecule has 2 aliphatic heterocycles. The molecule has 3 aliphatic rings. The molecule has 21 heavy (non-hydrogen) atoms. The Balaban J connectivity index is 1.38. The summed E-state index contributed by atoms with van der Waals surface area (Å²) < 4.78 is 2.33. The van der Waals surface area contributed by atoms with Gasteiger partial charge in [-0.25, -0.2) is 4.79 Å². The van der Waals surface area contributed by atoms with E-state index in [0.717, 1.165) is 63.4 Å². The van der Waals surface area contributed by atoms with Crippen molar-refractivity contribution in [3.05, 3.63) is 11.6 Å². The molecule has 1 aromatic rings. The van der Waals surface area contributed by atoms with Crippen LogP contribution >= 0.6 is 0 Å². The number of nitrogens with zero attached hydrogens (tertiary/aromatic N) is 4. The topological polar surface area (TPSA) is 63.1 Å². The van der Waals surface area contributed by atoms with Crippen molar-refractivity contribution in [2.24, 2.45) is 0 Å². The van der Waals surface area contributed by atoms with Crippen LogP contribution in [-0.2, 0) is 13.0 Å². The van der Waals surface area contributed by atoms with Gasteiger partial charge in [0.2, 0.25) is 0 Å². The van der Waals surface area contributed by atoms with E-state index in [2.05, 4.69) is 20.1 Å². The summed E-state index contributed by atoms with van der Waals surface area (Å²) in [5.74, 6) is 2.78. The Kier molecular flexibility index (Phi) is 3.31. The third-order valence-corrected chi connectivity index (χ3v) is 4.94. The monoisotopic (exact) mass is 289 g/mol. The highest BCUT2D eigenvalue weighted by Gasteiger charge is 2.31. The SMILES string of the molecule is O=C(NC1CC1)N1CCC(c2nnc3n2CCCC3)CC1. The van der Waals surface area contributed by atoms with Crippen molar-refractivity contribution in [1.82, 2.24) is 25.0 Å². The number of urea groups is 1. The van der Waals surface area contributed by atoms with E-state index in [1.165, 1.54) is 12.8 Å². The lowest BCUT2D eigenvalue weighted by atomic mass is 9.95. The van der Waals surface area contributed by atoms with Crippen LogP contribution < -0.4 is 5.32 Å². The Morgan fingerprint density at radius 3 is 2.62 bits per heavy atom. The second kappa shape index (κ2) is 5.31. The molecule has 0 unspecified atom stereocenters. The van der Waals surface area contributed by atoms with Gasteiger partial charge in [-0.05, 0) is 38.5 Å². The van der Waals surface area contributed by atoms with Gasteiger partial charge in [0.25, 0.3) is 0 Å². The molecule has 1 saturated carbocycles. The highest BCUT2D eigenvalue weighted by Crippen LogP contribution is 2.29. The van der Waals surface area contributed by atoms with E-state index in [1.54, 1.807) is 0 Å². The van der Waals surface area contributed by atoms with Gasteiger partial charge < -0.3 is 14.8 Å². The first-order valence-electron chi connectivity index (χ1n) is 8.28. The first-order valence-corrected chi connectivity index (χ1v) is 8.28. The fraction of sp³-hybridized carbons (Fsp3) is 0.800. The largest absolute Gasteiger partial charge is 0.335 e. The van der Waals surface area contributed by atoms with Crippen LogP contribution in [0.4, 0.5) is 4.79 Å². The molecule has 0 bridgehead atoms. The van der Waals surface area contributed by atoms with Crippen molar-refractivity contribution in [2.45, 2.75) is 63.5 Å². The number of carbonyl (C=O) groups is 1. The number of carbonyl (C=O) groups excluding carboxylic acids is 1. The van der Waals surface area contributed by atoms with E-state index in [9.17, 15) is 4.79 Å². The van der Waals surface area contributed by atoms with Crippen LogP contribution in [0.15, 0.2) is 0 Å². The molecular formula is C15H23N5O. The zero-order chi connectivity index (χ0) is 14.2. The molecule has 3 heterocycles. The summed E-state index contributed by atoms with van der Waals surface area (Å²) in [5.41, 5.74) is 0. The Morgan fingerprint density at radius 1 is 1.05 bits per heavy atom. The second-order valence-corrected chi connectivity index (χ2v) is 6.57. The smallest absolute Gasteiger partial charge is 0.317 e. The number of piperidine rings is 1. The number of nitrogens with one attached hydrogen (secondary N) is 1. The van der Waals surface area contributed by atoms with Gasteiger partial charge in [-0.15, -0.1) is 10.2 Å². The van der Waals surface area contributed by atoms with Crippen molar-refractivity contribution in [3.8, 4) is 0 Å². The number of rotatable bonds is 2. The van der Waals surface area contributed by atoms with Crippen LogP contribution in [0.25, 0.3) is 0 Å². The van der Waals surface area contributed by atoms with Gasteiger partial charge in [-0.3, -0.25) is 0 Å². The molecule has 6 heteroatoms. The van der Waals surface area contributed by atoms with Crippen LogP contribution in [0.3, 0.4) is 0 Å². The third-order valence-electron chi connectivity index (χ3n) is 4.94. The lowest BCUT2D eigenvalue weighted by molar-refractivity contribution is 0.179. The number of hydrogen-bond donors (Lipinski definition) is 1. The standard InChI is InChI=1S/C15H23N5O/c21-15(16-12-4-5-12)19-9-6-11(7-10-19)14-18-17-13-3-1-2-8-20(13)14/h11-12H,1-10H2,(H,16,21). The number of aromatic nitrogens is 3. The molecular weight excluding hydrogens is 266 g/mol. The Labute approximate surface area is 124 Å². The predicted octanol–water partition coefficient (Wildman–Crippen LogP) is 1.67. The number of amides is 2. The molecule has 2 amide bonds. The molecule has 6 nitrogen and oxygen atoms in total. The lowest BCUT2D eigenvalue weighted by Gasteiger charge is -2.32. The van der Waals surface area contributed by atoms with Crippen LogP contribution in [0.2, 0.25) is 0 Å². The maximum atomic E-state index is 12.1. The van der Waals surface area contributed by atoms with E-state index in [4.69, 9.17) is 0 Å². The molecule has 1 aliphatic carbocycles. The molecule has 1 aromatic heterocycles. The Morgan fingerprint density at radius 2 is 1.86 bits per heavy atom. The van der Waals surface area contributed by atoms with Crippen molar-refractivity contribution in [1.29, 1.82) is 0 Å². The van der Waals surface area contributed by atoms with E-state index in [1.807, 2.05) is 4.90 Å². The van der Waals surface area contributed by atoms with Crippen LogP contribution in [0, 0.1) is 0 Å². The predicted molar refractivity (Wildman–Crippen MR) is 78.1 cm³/mol. The normalized spacial score (nSPS) is 23.0. The van der Waals surface area contributed by atoms with Gasteiger partial charge in [0.15, 0.2) is 0 Å². The first kappa shape index (κ1) is 13.1. The average molecular weight is 289 g/mol. The Bertz CT molecular complexity index is 528. The number of likely N-dealkylation sites (tertiary alicyclic amines) is 1. The van der Waals surface area contributed by atoms with E-state index < -0.39 is 0 Å². The summed E-state index contributed by atoms with van der Waals surface area (Å²) >= 11 is 0. The van der Waals surface area contributed by atoms with Gasteiger partial charge in [0, 0.05) is 38.0 Å². The number of aryl methyl sites for hydroxylation is 1. The van der Waals surface area contributed by atoms with E-state index in [0.29, 0.717) is 12.0 Å². The number of fused-ring (bicyclic) bond motifs is 1. The average Bonchev–Trinajstić information content (AvgIpc) is 3.23. The van der Waals surface area contributed by atoms with Crippen molar-refractivity contribution < 1.29 is 4.79 Å². The molecule has 1 saturated heterocycles. The Hall–Kier alpha value is -1.59. The maximum Gasteiger partial charge on any atom is 0.317 e. The summed E-state index contributed by atoms with van der Waals surface area (Å²) in [7, 11) is 0. The van der Waals surface area contributed by atoms with Gasteiger partial charge >= 0.3 is 6.03 Å². The molecule has 0 spiro atoms. The van der Waals surface area contributed by atoms with Crippen molar-refractivity contribution in [2.75, 3.05) is 13.1 Å². The maximum absolute atomic E-state index is 12.1. The minimum atomic E-state index is 0.124. The van der Waals surface area contributed by atoms with Crippen molar-refractivity contribution in [3.63, 3.8) is 0 Å². The minimum absolute atomic E-state index is 0.124. The molecule has 4 rings (SSSR count). The second-order valence-electron chi connectivity index (χ2n) is 6.57. The van der Waals surface area contributed by atoms with E-state index >= 15 is 0 Å². The lowest BCUT2D eigenvalue weighted by Crippen LogP contribution is -2.45. The highest BCUT2D eigenvalue weighted by molar-refractivity contribution is 5.75. The quantitative estimate of drug-likeness (QED) is 0.900. The van der Waals surface area contributed by atoms with Crippen LogP contribution in [0.1, 0.15) is 56.1 Å². The summed E-state index contributed by atoms with van der Waals surface area (Å²) in [5, 5.41) is 11.9. The summed E-state index contributed by atoms with van der Waals surface area (Å²) in [4.78, 5) is 14.0. The molecule has 1 N–H and O–H groups in total. The zero-order valence-electron chi connectivity index (χ0n) is 12.4.